The van der Waals surface area contributed by atoms with Gasteiger partial charge in [0.15, 0.2) is 17.1 Å². The van der Waals surface area contributed by atoms with Crippen LogP contribution in [0.4, 0.5) is 46.9 Å². The average molecular weight is 731 g/mol. The van der Waals surface area contributed by atoms with E-state index in [1.54, 1.807) is 6.92 Å². The molecule has 49 heavy (non-hydrogen) atoms. The molecule has 1 saturated heterocycles. The minimum atomic E-state index is -5.55. The number of ether oxygens (including phenoxy) is 1. The fourth-order valence-corrected chi connectivity index (χ4v) is 6.22. The Kier molecular flexibility index (Phi) is 9.59. The first-order chi connectivity index (χ1) is 22.9. The fourth-order valence-electron chi connectivity index (χ4n) is 4.60. The summed E-state index contributed by atoms with van der Waals surface area (Å²) < 4.78 is 124. The molecule has 1 N–H and O–H groups in total. The van der Waals surface area contributed by atoms with Gasteiger partial charge in [-0.3, -0.25) is 9.69 Å². The molecule has 2 heterocycles. The number of nitrogens with zero attached hydrogens (tertiary/aromatic N) is 5. The zero-order valence-electron chi connectivity index (χ0n) is 24.9. The highest BCUT2D eigenvalue weighted by Crippen LogP contribution is 2.42. The molecule has 4 aromatic rings. The van der Waals surface area contributed by atoms with Crippen LogP contribution in [0.3, 0.4) is 0 Å². The Hall–Kier alpha value is -4.82. The van der Waals surface area contributed by atoms with Crippen LogP contribution >= 0.6 is 11.8 Å². The van der Waals surface area contributed by atoms with Crippen LogP contribution in [-0.4, -0.2) is 64.8 Å². The van der Waals surface area contributed by atoms with Crippen LogP contribution in [0.1, 0.15) is 17.2 Å². The van der Waals surface area contributed by atoms with Gasteiger partial charge in [0.2, 0.25) is 5.91 Å². The number of urea groups is 1. The summed E-state index contributed by atoms with van der Waals surface area (Å²) in [6.45, 7) is 1.60. The number of hydrogen-bond acceptors (Lipinski definition) is 8. The van der Waals surface area contributed by atoms with Crippen LogP contribution in [0.5, 0.6) is 0 Å². The number of anilines is 2. The van der Waals surface area contributed by atoms with Gasteiger partial charge in [0.05, 0.1) is 27.7 Å². The lowest BCUT2D eigenvalue weighted by molar-refractivity contribution is -0.215. The number of aliphatic imine (C=N–C) groups is 1. The smallest absolute Gasteiger partial charge is 0.367 e. The van der Waals surface area contributed by atoms with Gasteiger partial charge in [-0.1, -0.05) is 23.9 Å². The van der Waals surface area contributed by atoms with E-state index in [9.17, 15) is 44.3 Å². The number of sulfone groups is 1. The molecule has 258 valence electrons. The first-order valence-corrected chi connectivity index (χ1v) is 16.1. The molecule has 5 rings (SSSR count). The molecule has 1 unspecified atom stereocenters. The Labute approximate surface area is 276 Å². The summed E-state index contributed by atoms with van der Waals surface area (Å²) in [7, 11) is -4.69. The molecule has 0 saturated carbocycles. The lowest BCUT2D eigenvalue weighted by Gasteiger charge is -2.26. The lowest BCUT2D eigenvalue weighted by atomic mass is 10.0. The van der Waals surface area contributed by atoms with Gasteiger partial charge in [-0.2, -0.15) is 31.3 Å². The largest absolute Gasteiger partial charge is 0.501 e. The third-order valence-electron chi connectivity index (χ3n) is 6.88. The Bertz CT molecular complexity index is 2070. The number of halogens is 7. The number of hydrogen-bond donors (Lipinski definition) is 1. The monoisotopic (exact) mass is 730 g/mol. The second-order valence-corrected chi connectivity index (χ2v) is 13.1. The standard InChI is InChI=1S/C29H21F7N6O5S2/c1-15-3-9-19(24(47-2)28(31,32)33)22(11-15)42-23(43)13-48-27(42)39-26(44)38-21-10-4-16(12-20(21)30)25-37-14-41(40-25)17-5-7-18(8-6-17)49(45,46)29(34,35)36/h3-12,14,24H,13H2,1-2H3,(H,38,44). The predicted octanol–water partition coefficient (Wildman–Crippen LogP) is 6.59. The van der Waals surface area contributed by atoms with Crippen LogP contribution < -0.4 is 10.2 Å². The van der Waals surface area contributed by atoms with Gasteiger partial charge in [0, 0.05) is 18.2 Å². The molecule has 3 aromatic carbocycles. The molecular formula is C29H21F7N6O5S2. The van der Waals surface area contributed by atoms with Crippen LogP contribution in [0.25, 0.3) is 17.1 Å². The van der Waals surface area contributed by atoms with Crippen molar-refractivity contribution in [1.82, 2.24) is 14.8 Å². The van der Waals surface area contributed by atoms with E-state index in [1.807, 2.05) is 0 Å². The number of rotatable bonds is 7. The van der Waals surface area contributed by atoms with Crippen LogP contribution in [0.2, 0.25) is 0 Å². The predicted molar refractivity (Wildman–Crippen MR) is 163 cm³/mol. The summed E-state index contributed by atoms with van der Waals surface area (Å²) in [6, 6.07) is 9.83. The van der Waals surface area contributed by atoms with E-state index in [1.165, 1.54) is 18.2 Å². The number of aryl methyl sites for hydroxylation is 1. The van der Waals surface area contributed by atoms with Crippen molar-refractivity contribution in [2.24, 2.45) is 4.99 Å². The van der Waals surface area contributed by atoms with Crippen molar-refractivity contribution in [3.8, 4) is 17.1 Å². The zero-order chi connectivity index (χ0) is 35.9. The maximum absolute atomic E-state index is 15.1. The second-order valence-electron chi connectivity index (χ2n) is 10.2. The van der Waals surface area contributed by atoms with E-state index < -0.39 is 50.3 Å². The van der Waals surface area contributed by atoms with Crippen molar-refractivity contribution in [3.63, 3.8) is 0 Å². The third-order valence-corrected chi connectivity index (χ3v) is 9.31. The molecule has 3 amide bonds. The maximum Gasteiger partial charge on any atom is 0.501 e. The van der Waals surface area contributed by atoms with Gasteiger partial charge in [0.1, 0.15) is 12.1 Å². The van der Waals surface area contributed by atoms with E-state index in [2.05, 4.69) is 25.1 Å². The molecule has 20 heteroatoms. The SMILES string of the molecule is COC(c1ccc(C)cc1N1C(=O)CSC1=NC(=O)Nc1ccc(-c2ncn(-c3ccc(S(=O)(=O)C(F)(F)F)cc3)n2)cc1F)C(F)(F)F. The summed E-state index contributed by atoms with van der Waals surface area (Å²) in [6.07, 6.45) is -6.05. The minimum Gasteiger partial charge on any atom is -0.367 e. The van der Waals surface area contributed by atoms with Crippen molar-refractivity contribution >= 4 is 50.1 Å². The van der Waals surface area contributed by atoms with Gasteiger partial charge in [0.25, 0.3) is 9.84 Å². The summed E-state index contributed by atoms with van der Waals surface area (Å²) in [5.74, 6) is -1.89. The Morgan fingerprint density at radius 1 is 1.04 bits per heavy atom. The topological polar surface area (TPSA) is 136 Å². The number of aromatic nitrogens is 3. The van der Waals surface area contributed by atoms with E-state index in [-0.39, 0.29) is 44.9 Å². The molecule has 1 aromatic heterocycles. The highest BCUT2D eigenvalue weighted by atomic mass is 32.2. The fraction of sp³-hybridized carbons (Fsp3) is 0.207. The summed E-state index contributed by atoms with van der Waals surface area (Å²) in [5.41, 5.74) is -5.62. The number of methoxy groups -OCH3 is 1. The van der Waals surface area contributed by atoms with E-state index in [0.717, 1.165) is 77.2 Å². The third kappa shape index (κ3) is 7.30. The van der Waals surface area contributed by atoms with Crippen molar-refractivity contribution in [3.05, 3.63) is 83.9 Å². The number of carbonyl (C=O) groups excluding carboxylic acids is 2. The highest BCUT2D eigenvalue weighted by Gasteiger charge is 2.47. The Balaban J connectivity index is 1.34. The van der Waals surface area contributed by atoms with E-state index in [0.29, 0.717) is 5.56 Å². The number of thioether (sulfide) groups is 1. The molecule has 0 aliphatic carbocycles. The molecular weight excluding hydrogens is 709 g/mol. The minimum absolute atomic E-state index is 0.0392. The van der Waals surface area contributed by atoms with Crippen molar-refractivity contribution in [2.75, 3.05) is 23.1 Å². The summed E-state index contributed by atoms with van der Waals surface area (Å²) in [4.78, 5) is 33.3. The van der Waals surface area contributed by atoms with Crippen LogP contribution in [0.15, 0.2) is 76.9 Å². The molecule has 0 radical (unpaired) electrons. The molecule has 0 spiro atoms. The van der Waals surface area contributed by atoms with Gasteiger partial charge < -0.3 is 10.1 Å². The van der Waals surface area contributed by atoms with Crippen LogP contribution in [0, 0.1) is 12.7 Å². The number of carbonyl (C=O) groups is 2. The van der Waals surface area contributed by atoms with Gasteiger partial charge in [-0.25, -0.2) is 27.3 Å². The van der Waals surface area contributed by atoms with Gasteiger partial charge in [-0.15, -0.1) is 5.10 Å². The van der Waals surface area contributed by atoms with Gasteiger partial charge >= 0.3 is 17.7 Å². The van der Waals surface area contributed by atoms with Crippen molar-refractivity contribution in [2.45, 2.75) is 29.6 Å². The number of amides is 3. The average Bonchev–Trinajstić information content (AvgIpc) is 3.65. The molecule has 1 aliphatic rings. The molecule has 1 fully saturated rings. The number of benzene rings is 3. The van der Waals surface area contributed by atoms with Crippen molar-refractivity contribution in [1.29, 1.82) is 0 Å². The number of alkyl halides is 6. The molecule has 0 bridgehead atoms. The van der Waals surface area contributed by atoms with E-state index >= 15 is 4.39 Å². The Morgan fingerprint density at radius 3 is 2.35 bits per heavy atom. The molecule has 1 atom stereocenters. The first kappa shape index (κ1) is 35.5. The first-order valence-electron chi connectivity index (χ1n) is 13.6. The lowest BCUT2D eigenvalue weighted by Crippen LogP contribution is -2.33. The summed E-state index contributed by atoms with van der Waals surface area (Å²) in [5, 5.41) is 6.09. The quantitative estimate of drug-likeness (QED) is 0.211. The van der Waals surface area contributed by atoms with E-state index in [4.69, 9.17) is 0 Å². The molecule has 1 aliphatic heterocycles. The van der Waals surface area contributed by atoms with Gasteiger partial charge in [-0.05, 0) is 61.0 Å². The number of nitrogens with one attached hydrogen (secondary N) is 1. The summed E-state index contributed by atoms with van der Waals surface area (Å²) >= 11 is 0.792. The highest BCUT2D eigenvalue weighted by molar-refractivity contribution is 8.15. The second kappa shape index (κ2) is 13.2. The zero-order valence-corrected chi connectivity index (χ0v) is 26.5. The Morgan fingerprint density at radius 2 is 1.73 bits per heavy atom. The normalized spacial score (nSPS) is 15.6. The maximum atomic E-state index is 15.1. The van der Waals surface area contributed by atoms with Crippen molar-refractivity contribution < 1.29 is 53.5 Å². The molecule has 11 nitrogen and oxygen atoms in total. The van der Waals surface area contributed by atoms with Crippen LogP contribution in [-0.2, 0) is 19.4 Å². The number of amidine groups is 1.